The molecule has 0 aromatic carbocycles. The van der Waals surface area contributed by atoms with Crippen LogP contribution in [-0.2, 0) is 4.79 Å². The molecule has 0 aliphatic carbocycles. The van der Waals surface area contributed by atoms with Gasteiger partial charge in [0.15, 0.2) is 0 Å². The Morgan fingerprint density at radius 3 is 2.38 bits per heavy atom. The zero-order valence-electron chi connectivity index (χ0n) is 9.44. The predicted molar refractivity (Wildman–Crippen MR) is 56.6 cm³/mol. The molecule has 2 heteroatoms. The standard InChI is InChI=1S/C11H23NO/c1-5-7-8-11(4,6-2)9-12-10(3)13/h5-9H2,1-4H3,(H,12,13)/t11-/m1/s1. The van der Waals surface area contributed by atoms with Crippen molar-refractivity contribution in [3.8, 4) is 0 Å². The molecule has 1 N–H and O–H groups in total. The fraction of sp³-hybridized carbons (Fsp3) is 0.909. The van der Waals surface area contributed by atoms with Gasteiger partial charge in [0.2, 0.25) is 5.91 Å². The van der Waals surface area contributed by atoms with Crippen LogP contribution >= 0.6 is 0 Å². The van der Waals surface area contributed by atoms with Gasteiger partial charge in [-0.15, -0.1) is 0 Å². The predicted octanol–water partition coefficient (Wildman–Crippen LogP) is 2.73. The summed E-state index contributed by atoms with van der Waals surface area (Å²) in [5, 5.41) is 2.91. The van der Waals surface area contributed by atoms with Crippen molar-refractivity contribution in [3.63, 3.8) is 0 Å². The van der Waals surface area contributed by atoms with Gasteiger partial charge in [-0.3, -0.25) is 4.79 Å². The molecular formula is C11H23NO. The Balaban J connectivity index is 3.87. The fourth-order valence-electron chi connectivity index (χ4n) is 1.33. The third-order valence-electron chi connectivity index (χ3n) is 2.75. The Bertz CT molecular complexity index is 156. The molecule has 0 radical (unpaired) electrons. The van der Waals surface area contributed by atoms with Crippen LogP contribution in [0.15, 0.2) is 0 Å². The maximum absolute atomic E-state index is 10.8. The van der Waals surface area contributed by atoms with Crippen LogP contribution in [-0.4, -0.2) is 12.5 Å². The SMILES string of the molecule is CCCC[C@@](C)(CC)CNC(C)=O. The lowest BCUT2D eigenvalue weighted by Gasteiger charge is -2.28. The van der Waals surface area contributed by atoms with E-state index in [0.29, 0.717) is 5.41 Å². The van der Waals surface area contributed by atoms with Crippen LogP contribution in [0, 0.1) is 5.41 Å². The first kappa shape index (κ1) is 12.5. The average Bonchev–Trinajstić information content (AvgIpc) is 2.11. The summed E-state index contributed by atoms with van der Waals surface area (Å²) in [4.78, 5) is 10.8. The summed E-state index contributed by atoms with van der Waals surface area (Å²) >= 11 is 0. The van der Waals surface area contributed by atoms with E-state index in [1.165, 1.54) is 19.3 Å². The molecular weight excluding hydrogens is 162 g/mol. The van der Waals surface area contributed by atoms with Crippen LogP contribution in [0.2, 0.25) is 0 Å². The van der Waals surface area contributed by atoms with Gasteiger partial charge in [-0.05, 0) is 18.3 Å². The topological polar surface area (TPSA) is 29.1 Å². The highest BCUT2D eigenvalue weighted by Gasteiger charge is 2.21. The quantitative estimate of drug-likeness (QED) is 0.677. The molecule has 1 amide bonds. The van der Waals surface area contributed by atoms with Crippen LogP contribution < -0.4 is 5.32 Å². The number of nitrogens with one attached hydrogen (secondary N) is 1. The summed E-state index contributed by atoms with van der Waals surface area (Å²) < 4.78 is 0. The van der Waals surface area contributed by atoms with Gasteiger partial charge in [-0.25, -0.2) is 0 Å². The summed E-state index contributed by atoms with van der Waals surface area (Å²) in [6.45, 7) is 9.04. The van der Waals surface area contributed by atoms with Crippen molar-refractivity contribution in [3.05, 3.63) is 0 Å². The maximum atomic E-state index is 10.8. The van der Waals surface area contributed by atoms with Crippen molar-refractivity contribution in [1.82, 2.24) is 5.32 Å². The minimum Gasteiger partial charge on any atom is -0.356 e. The summed E-state index contributed by atoms with van der Waals surface area (Å²) in [6, 6.07) is 0. The molecule has 13 heavy (non-hydrogen) atoms. The van der Waals surface area contributed by atoms with E-state index < -0.39 is 0 Å². The van der Waals surface area contributed by atoms with Crippen LogP contribution in [0.25, 0.3) is 0 Å². The van der Waals surface area contributed by atoms with E-state index >= 15 is 0 Å². The molecule has 1 atom stereocenters. The van der Waals surface area contributed by atoms with E-state index in [-0.39, 0.29) is 5.91 Å². The number of carbonyl (C=O) groups is 1. The molecule has 0 unspecified atom stereocenters. The zero-order chi connectivity index (χ0) is 10.3. The number of hydrogen-bond donors (Lipinski definition) is 1. The first-order valence-corrected chi connectivity index (χ1v) is 5.28. The second kappa shape index (κ2) is 6.01. The van der Waals surface area contributed by atoms with E-state index in [9.17, 15) is 4.79 Å². The van der Waals surface area contributed by atoms with Crippen molar-refractivity contribution >= 4 is 5.91 Å². The smallest absolute Gasteiger partial charge is 0.216 e. The third kappa shape index (κ3) is 5.67. The lowest BCUT2D eigenvalue weighted by molar-refractivity contribution is -0.119. The van der Waals surface area contributed by atoms with Crippen LogP contribution in [0.4, 0.5) is 0 Å². The molecule has 0 aliphatic rings. The first-order chi connectivity index (χ1) is 6.04. The molecule has 2 nitrogen and oxygen atoms in total. The van der Waals surface area contributed by atoms with Crippen LogP contribution in [0.1, 0.15) is 53.4 Å². The molecule has 0 rings (SSSR count). The molecule has 0 aromatic rings. The number of amides is 1. The number of carbonyl (C=O) groups excluding carboxylic acids is 1. The lowest BCUT2D eigenvalue weighted by Crippen LogP contribution is -2.34. The Hall–Kier alpha value is -0.530. The van der Waals surface area contributed by atoms with E-state index in [2.05, 4.69) is 26.1 Å². The molecule has 0 spiro atoms. The van der Waals surface area contributed by atoms with Gasteiger partial charge >= 0.3 is 0 Å². The maximum Gasteiger partial charge on any atom is 0.216 e. The van der Waals surface area contributed by atoms with E-state index in [0.717, 1.165) is 13.0 Å². The fourth-order valence-corrected chi connectivity index (χ4v) is 1.33. The van der Waals surface area contributed by atoms with E-state index in [1.807, 2.05) is 0 Å². The molecule has 0 fully saturated rings. The van der Waals surface area contributed by atoms with E-state index in [1.54, 1.807) is 6.92 Å². The second-order valence-electron chi connectivity index (χ2n) is 4.18. The van der Waals surface area contributed by atoms with Crippen molar-refractivity contribution in [2.24, 2.45) is 5.41 Å². The minimum absolute atomic E-state index is 0.0798. The Labute approximate surface area is 82.1 Å². The molecule has 78 valence electrons. The van der Waals surface area contributed by atoms with E-state index in [4.69, 9.17) is 0 Å². The Kier molecular flexibility index (Phi) is 5.76. The first-order valence-electron chi connectivity index (χ1n) is 5.28. The van der Waals surface area contributed by atoms with Gasteiger partial charge in [0.05, 0.1) is 0 Å². The van der Waals surface area contributed by atoms with Gasteiger partial charge in [0.1, 0.15) is 0 Å². The average molecular weight is 185 g/mol. The van der Waals surface area contributed by atoms with Crippen LogP contribution in [0.3, 0.4) is 0 Å². The summed E-state index contributed by atoms with van der Waals surface area (Å²) in [5.74, 6) is 0.0798. The monoisotopic (exact) mass is 185 g/mol. The second-order valence-corrected chi connectivity index (χ2v) is 4.18. The normalized spacial score (nSPS) is 15.1. The molecule has 0 bridgehead atoms. The van der Waals surface area contributed by atoms with Crippen LogP contribution in [0.5, 0.6) is 0 Å². The Morgan fingerprint density at radius 1 is 1.38 bits per heavy atom. The number of rotatable bonds is 6. The molecule has 0 aromatic heterocycles. The van der Waals surface area contributed by atoms with Gasteiger partial charge < -0.3 is 5.32 Å². The molecule has 0 heterocycles. The summed E-state index contributed by atoms with van der Waals surface area (Å²) in [5.41, 5.74) is 0.293. The zero-order valence-corrected chi connectivity index (χ0v) is 9.44. The summed E-state index contributed by atoms with van der Waals surface area (Å²) in [7, 11) is 0. The highest BCUT2D eigenvalue weighted by molar-refractivity contribution is 5.72. The summed E-state index contributed by atoms with van der Waals surface area (Å²) in [6.07, 6.45) is 4.83. The molecule has 0 saturated heterocycles. The minimum atomic E-state index is 0.0798. The highest BCUT2D eigenvalue weighted by Crippen LogP contribution is 2.26. The van der Waals surface area contributed by atoms with Crippen molar-refractivity contribution in [2.75, 3.05) is 6.54 Å². The van der Waals surface area contributed by atoms with Gasteiger partial charge in [0.25, 0.3) is 0 Å². The van der Waals surface area contributed by atoms with Gasteiger partial charge in [0, 0.05) is 13.5 Å². The van der Waals surface area contributed by atoms with Crippen molar-refractivity contribution < 1.29 is 4.79 Å². The molecule has 0 aliphatic heterocycles. The lowest BCUT2D eigenvalue weighted by atomic mass is 9.82. The van der Waals surface area contributed by atoms with Crippen molar-refractivity contribution in [1.29, 1.82) is 0 Å². The number of hydrogen-bond acceptors (Lipinski definition) is 1. The molecule has 0 saturated carbocycles. The van der Waals surface area contributed by atoms with Crippen molar-refractivity contribution in [2.45, 2.75) is 53.4 Å². The number of unbranched alkanes of at least 4 members (excludes halogenated alkanes) is 1. The largest absolute Gasteiger partial charge is 0.356 e. The van der Waals surface area contributed by atoms with Gasteiger partial charge in [-0.2, -0.15) is 0 Å². The highest BCUT2D eigenvalue weighted by atomic mass is 16.1. The van der Waals surface area contributed by atoms with Gasteiger partial charge in [-0.1, -0.05) is 33.6 Å². The third-order valence-corrected chi connectivity index (χ3v) is 2.75. The Morgan fingerprint density at radius 2 is 2.00 bits per heavy atom.